The number of halogens is 2. The Bertz CT molecular complexity index is 762. The average molecular weight is 323 g/mol. The Morgan fingerprint density at radius 3 is 2.45 bits per heavy atom. The minimum absolute atomic E-state index is 0. The van der Waals surface area contributed by atoms with Crippen molar-refractivity contribution in [3.8, 4) is 0 Å². The molecular weight excluding hydrogens is 309 g/mol. The molecule has 4 heteroatoms. The molecule has 0 fully saturated rings. The molecule has 1 heterocycles. The summed E-state index contributed by atoms with van der Waals surface area (Å²) in [6.45, 7) is 0. The summed E-state index contributed by atoms with van der Waals surface area (Å²) >= 11 is 7.94. The maximum atomic E-state index is 6.15. The van der Waals surface area contributed by atoms with Gasteiger partial charge < -0.3 is 0 Å². The highest BCUT2D eigenvalue weighted by atomic mass is 35.5. The number of aromatic nitrogens is 1. The van der Waals surface area contributed by atoms with Crippen molar-refractivity contribution in [1.29, 1.82) is 0 Å². The van der Waals surface area contributed by atoms with Crippen LogP contribution in [0.1, 0.15) is 10.6 Å². The minimum Gasteiger partial charge on any atom is -0.185 e. The predicted octanol–water partition coefficient (Wildman–Crippen LogP) is 4.97. The van der Waals surface area contributed by atoms with Gasteiger partial charge in [0.05, 0.1) is 0 Å². The van der Waals surface area contributed by atoms with Crippen molar-refractivity contribution in [2.45, 2.75) is 0 Å². The molecule has 0 saturated heterocycles. The lowest BCUT2D eigenvalue weighted by Gasteiger charge is -1.94. The number of fused-ring (bicyclic) bond motifs is 1. The monoisotopic (exact) mass is 322 g/mol. The van der Waals surface area contributed by atoms with Crippen LogP contribution in [0.25, 0.3) is 22.4 Å². The molecule has 0 radical (unpaired) electrons. The molecule has 1 nitrogen and oxygen atoms in total. The first-order chi connectivity index (χ1) is 9.25. The highest BCUT2D eigenvalue weighted by Crippen LogP contribution is 2.22. The lowest BCUT2D eigenvalue weighted by molar-refractivity contribution is -0.642. The van der Waals surface area contributed by atoms with Crippen LogP contribution in [0, 0.1) is 0 Å². The second kappa shape index (κ2) is 6.40. The van der Waals surface area contributed by atoms with E-state index in [1.54, 1.807) is 11.3 Å². The molecule has 0 N–H and O–H groups in total. The van der Waals surface area contributed by atoms with E-state index in [9.17, 15) is 0 Å². The molecule has 0 spiro atoms. The Hall–Kier alpha value is -1.35. The van der Waals surface area contributed by atoms with E-state index < -0.39 is 0 Å². The van der Waals surface area contributed by atoms with Crippen LogP contribution in [0.3, 0.4) is 0 Å². The normalized spacial score (nSPS) is 10.9. The van der Waals surface area contributed by atoms with E-state index in [1.165, 1.54) is 15.2 Å². The van der Waals surface area contributed by atoms with Crippen molar-refractivity contribution >= 4 is 57.7 Å². The second-order valence-corrected chi connectivity index (χ2v) is 5.79. The van der Waals surface area contributed by atoms with E-state index in [1.807, 2.05) is 24.3 Å². The minimum atomic E-state index is 0. The molecule has 20 heavy (non-hydrogen) atoms. The maximum absolute atomic E-state index is 6.15. The first-order valence-corrected chi connectivity index (χ1v) is 7.25. The zero-order chi connectivity index (χ0) is 13.2. The van der Waals surface area contributed by atoms with Gasteiger partial charge in [0.15, 0.2) is 0 Å². The van der Waals surface area contributed by atoms with Crippen LogP contribution in [0.5, 0.6) is 0 Å². The number of nitrogens with zero attached hydrogens (tertiary/aromatic N) is 1. The zero-order valence-electron chi connectivity index (χ0n) is 10.9. The van der Waals surface area contributed by atoms with Crippen LogP contribution in [0.4, 0.5) is 0 Å². The van der Waals surface area contributed by atoms with Gasteiger partial charge in [0, 0.05) is 17.2 Å². The van der Waals surface area contributed by atoms with Crippen molar-refractivity contribution in [1.82, 2.24) is 0 Å². The summed E-state index contributed by atoms with van der Waals surface area (Å²) in [5.74, 6) is 0. The molecule has 0 aliphatic rings. The van der Waals surface area contributed by atoms with Gasteiger partial charge in [-0.15, -0.1) is 12.4 Å². The molecular formula is C16H14Cl2NS+. The number of hydrogen-bond donors (Lipinski definition) is 0. The fraction of sp³-hybridized carbons (Fsp3) is 0.0625. The van der Waals surface area contributed by atoms with Crippen LogP contribution < -0.4 is 4.57 Å². The van der Waals surface area contributed by atoms with Gasteiger partial charge in [0.25, 0.3) is 5.01 Å². The SMILES string of the molecule is C[n+]1c(/C=C/c2ccccc2Cl)sc2ccccc21.Cl. The number of rotatable bonds is 2. The number of hydrogen-bond acceptors (Lipinski definition) is 1. The van der Waals surface area contributed by atoms with E-state index in [4.69, 9.17) is 11.6 Å². The van der Waals surface area contributed by atoms with Crippen LogP contribution in [0.2, 0.25) is 5.02 Å². The number of aryl methyl sites for hydroxylation is 1. The van der Waals surface area contributed by atoms with Gasteiger partial charge in [-0.2, -0.15) is 4.57 Å². The second-order valence-electron chi connectivity index (χ2n) is 4.32. The molecule has 2 aromatic carbocycles. The molecule has 102 valence electrons. The predicted molar refractivity (Wildman–Crippen MR) is 90.6 cm³/mol. The quantitative estimate of drug-likeness (QED) is 0.586. The summed E-state index contributed by atoms with van der Waals surface area (Å²) in [7, 11) is 2.09. The molecule has 0 unspecified atom stereocenters. The molecule has 0 bridgehead atoms. The van der Waals surface area contributed by atoms with E-state index in [2.05, 4.69) is 48.0 Å². The standard InChI is InChI=1S/C16H13ClNS.ClH/c1-18-14-8-4-5-9-15(14)19-16(18)11-10-12-6-2-3-7-13(12)17;/h2-11H,1H3;1H/q+1;/b11-10+;. The summed E-state index contributed by atoms with van der Waals surface area (Å²) in [4.78, 5) is 0. The molecule has 0 atom stereocenters. The third-order valence-corrected chi connectivity index (χ3v) is 4.61. The Labute approximate surface area is 133 Å². The first kappa shape index (κ1) is 15.0. The van der Waals surface area contributed by atoms with Gasteiger partial charge in [-0.05, 0) is 23.8 Å². The van der Waals surface area contributed by atoms with Crippen LogP contribution >= 0.6 is 35.3 Å². The van der Waals surface area contributed by atoms with Crippen molar-refractivity contribution in [3.05, 3.63) is 64.1 Å². The number of thiazole rings is 1. The molecule has 0 aliphatic carbocycles. The van der Waals surface area contributed by atoms with Crippen LogP contribution in [0.15, 0.2) is 48.5 Å². The summed E-state index contributed by atoms with van der Waals surface area (Å²) in [5.41, 5.74) is 2.30. The van der Waals surface area contributed by atoms with Crippen molar-refractivity contribution in [2.75, 3.05) is 0 Å². The van der Waals surface area contributed by atoms with Gasteiger partial charge in [0.2, 0.25) is 5.52 Å². The fourth-order valence-electron chi connectivity index (χ4n) is 2.04. The van der Waals surface area contributed by atoms with Gasteiger partial charge in [-0.25, -0.2) is 0 Å². The van der Waals surface area contributed by atoms with Gasteiger partial charge in [-0.3, -0.25) is 0 Å². The largest absolute Gasteiger partial charge is 0.262 e. The van der Waals surface area contributed by atoms with Crippen molar-refractivity contribution in [2.24, 2.45) is 7.05 Å². The lowest BCUT2D eigenvalue weighted by Crippen LogP contribution is -2.28. The summed E-state index contributed by atoms with van der Waals surface area (Å²) in [5, 5.41) is 1.99. The Morgan fingerprint density at radius 1 is 1.00 bits per heavy atom. The van der Waals surface area contributed by atoms with Gasteiger partial charge >= 0.3 is 0 Å². The summed E-state index contributed by atoms with van der Waals surface area (Å²) in [6.07, 6.45) is 4.18. The topological polar surface area (TPSA) is 3.88 Å². The molecule has 3 rings (SSSR count). The van der Waals surface area contributed by atoms with Gasteiger partial charge in [-0.1, -0.05) is 53.3 Å². The van der Waals surface area contributed by atoms with Crippen molar-refractivity contribution < 1.29 is 4.57 Å². The Balaban J connectivity index is 0.00000147. The maximum Gasteiger partial charge on any atom is 0.262 e. The van der Waals surface area contributed by atoms with E-state index in [-0.39, 0.29) is 12.4 Å². The third-order valence-electron chi connectivity index (χ3n) is 3.08. The fourth-order valence-corrected chi connectivity index (χ4v) is 3.29. The molecule has 0 saturated carbocycles. The molecule has 0 amide bonds. The Morgan fingerprint density at radius 2 is 1.70 bits per heavy atom. The van der Waals surface area contributed by atoms with Crippen LogP contribution in [-0.2, 0) is 7.05 Å². The van der Waals surface area contributed by atoms with Crippen LogP contribution in [-0.4, -0.2) is 0 Å². The summed E-state index contributed by atoms with van der Waals surface area (Å²) < 4.78 is 3.50. The lowest BCUT2D eigenvalue weighted by atomic mass is 10.2. The third kappa shape index (κ3) is 2.88. The summed E-state index contributed by atoms with van der Waals surface area (Å²) in [6, 6.07) is 16.3. The van der Waals surface area contributed by atoms with E-state index in [0.717, 1.165) is 10.6 Å². The highest BCUT2D eigenvalue weighted by Gasteiger charge is 2.13. The van der Waals surface area contributed by atoms with Crippen molar-refractivity contribution in [3.63, 3.8) is 0 Å². The molecule has 0 aliphatic heterocycles. The number of benzene rings is 2. The Kier molecular flexibility index (Phi) is 4.81. The first-order valence-electron chi connectivity index (χ1n) is 6.06. The zero-order valence-corrected chi connectivity index (χ0v) is 13.3. The molecule has 1 aromatic heterocycles. The van der Waals surface area contributed by atoms with E-state index in [0.29, 0.717) is 0 Å². The number of para-hydroxylation sites is 1. The smallest absolute Gasteiger partial charge is 0.185 e. The average Bonchev–Trinajstić information content (AvgIpc) is 2.75. The highest BCUT2D eigenvalue weighted by molar-refractivity contribution is 7.18. The van der Waals surface area contributed by atoms with E-state index >= 15 is 0 Å². The molecule has 3 aromatic rings. The van der Waals surface area contributed by atoms with Gasteiger partial charge in [0.1, 0.15) is 11.7 Å².